The Kier molecular flexibility index (Phi) is 50.6. The van der Waals surface area contributed by atoms with Gasteiger partial charge in [-0.05, 0) is 84.5 Å². The molecule has 0 saturated carbocycles. The monoisotopic (exact) mass is 1600 g/mol. The zero-order chi connectivity index (χ0) is 80.8. The van der Waals surface area contributed by atoms with Crippen molar-refractivity contribution in [2.24, 2.45) is 5.92 Å². The van der Waals surface area contributed by atoms with Gasteiger partial charge in [0.1, 0.15) is 92.0 Å². The number of ether oxygens (including phenoxy) is 10. The SMILES string of the molecule is CCCCCCCC/C=C\CCCCCCCC(=O)O[C@H](COC(=O)C(/C=C\CCCCCCCC)CCCCCC)COP(=O)(OC)OCCNC(=O)CCCCC(=O)NCCCO[C@@H]1OC(CO)[C@@H](O[C@@H]2OC(C)[C@@H](O)C(O)[C@@H]2O)[C@H](O[C@@H]2OC(CO)[C@H](O)[C@H](O)C2O[C@@H]2OC(C)[C@@H](O)[C@H](O)C2O)C1NC(C)=O. The first-order valence-electron chi connectivity index (χ1n) is 40.7. The second-order valence-corrected chi connectivity index (χ2v) is 31.0. The molecular weight excluding hydrogens is 1460 g/mol. The summed E-state index contributed by atoms with van der Waals surface area (Å²) in [6.07, 6.45) is 2.80. The van der Waals surface area contributed by atoms with Crippen molar-refractivity contribution in [3.63, 3.8) is 0 Å². The van der Waals surface area contributed by atoms with Gasteiger partial charge >= 0.3 is 19.8 Å². The first kappa shape index (κ1) is 98.6. The fraction of sp³-hybridized carbons (Fsp3) is 0.883. The summed E-state index contributed by atoms with van der Waals surface area (Å²) < 4.78 is 89.8. The van der Waals surface area contributed by atoms with Gasteiger partial charge in [0.05, 0.1) is 51.2 Å². The van der Waals surface area contributed by atoms with Crippen LogP contribution in [-0.2, 0) is 89.5 Å². The van der Waals surface area contributed by atoms with Gasteiger partial charge in [-0.3, -0.25) is 37.5 Å². The largest absolute Gasteiger partial charge is 0.474 e. The Morgan fingerprint density at radius 3 is 1.52 bits per heavy atom. The Morgan fingerprint density at radius 2 is 0.973 bits per heavy atom. The zero-order valence-electron chi connectivity index (χ0n) is 66.3. The Labute approximate surface area is 650 Å². The molecule has 4 heterocycles. The van der Waals surface area contributed by atoms with Crippen LogP contribution in [0.25, 0.3) is 0 Å². The Bertz CT molecular complexity index is 2620. The lowest BCUT2D eigenvalue weighted by Gasteiger charge is -2.51. The van der Waals surface area contributed by atoms with Crippen molar-refractivity contribution in [3.8, 4) is 0 Å². The van der Waals surface area contributed by atoms with Gasteiger partial charge < -0.3 is 114 Å². The average molecular weight is 1600 g/mol. The van der Waals surface area contributed by atoms with E-state index in [4.69, 9.17) is 60.9 Å². The molecule has 13 N–H and O–H groups in total. The Balaban J connectivity index is 1.30. The molecule has 110 heavy (non-hydrogen) atoms. The highest BCUT2D eigenvalue weighted by Crippen LogP contribution is 2.48. The van der Waals surface area contributed by atoms with Gasteiger partial charge in [0, 0.05) is 46.4 Å². The number of phosphoric ester groups is 1. The molecule has 640 valence electrons. The number of carbonyl (C=O) groups excluding carboxylic acids is 5. The third kappa shape index (κ3) is 36.6. The van der Waals surface area contributed by atoms with E-state index in [2.05, 4.69) is 48.9 Å². The van der Waals surface area contributed by atoms with Crippen LogP contribution < -0.4 is 16.0 Å². The number of esters is 2. The van der Waals surface area contributed by atoms with Crippen LogP contribution >= 0.6 is 7.82 Å². The van der Waals surface area contributed by atoms with Crippen LogP contribution in [0.3, 0.4) is 0 Å². The number of aliphatic hydroxyl groups excluding tert-OH is 10. The average Bonchev–Trinajstić information content (AvgIpc) is 0.763. The van der Waals surface area contributed by atoms with Crippen LogP contribution in [0.15, 0.2) is 24.3 Å². The molecule has 4 aliphatic heterocycles. The molecule has 33 heteroatoms. The van der Waals surface area contributed by atoms with Gasteiger partial charge in [0.15, 0.2) is 31.3 Å². The van der Waals surface area contributed by atoms with E-state index in [0.717, 1.165) is 97.5 Å². The minimum Gasteiger partial charge on any atom is -0.461 e. The van der Waals surface area contributed by atoms with Gasteiger partial charge in [-0.1, -0.05) is 154 Å². The van der Waals surface area contributed by atoms with Crippen molar-refractivity contribution in [3.05, 3.63) is 24.3 Å². The van der Waals surface area contributed by atoms with E-state index in [1.165, 1.54) is 78.1 Å². The maximum absolute atomic E-state index is 13.7. The summed E-state index contributed by atoms with van der Waals surface area (Å²) in [6, 6.07) is -1.50. The van der Waals surface area contributed by atoms with E-state index in [1.807, 2.05) is 12.2 Å². The zero-order valence-corrected chi connectivity index (χ0v) is 67.2. The Hall–Kier alpha value is -3.78. The smallest absolute Gasteiger partial charge is 0.461 e. The fourth-order valence-corrected chi connectivity index (χ4v) is 14.2. The number of aliphatic hydroxyl groups is 10. The predicted octanol–water partition coefficient (Wildman–Crippen LogP) is 5.83. The molecule has 0 aromatic rings. The van der Waals surface area contributed by atoms with Gasteiger partial charge in [0.25, 0.3) is 0 Å². The normalized spacial score (nSPS) is 29.7. The first-order valence-corrected chi connectivity index (χ1v) is 42.1. The molecule has 0 aromatic carbocycles. The van der Waals surface area contributed by atoms with Crippen LogP contribution in [-0.4, -0.2) is 269 Å². The number of phosphoric acid groups is 1. The third-order valence-corrected chi connectivity index (χ3v) is 21.3. The molecule has 4 rings (SSSR count). The number of allylic oxidation sites excluding steroid dienone is 3. The highest BCUT2D eigenvalue weighted by atomic mass is 31.2. The second kappa shape index (κ2) is 56.5. The second-order valence-electron chi connectivity index (χ2n) is 29.2. The molecule has 10 unspecified atom stereocenters. The summed E-state index contributed by atoms with van der Waals surface area (Å²) >= 11 is 0. The van der Waals surface area contributed by atoms with Gasteiger partial charge in [-0.2, -0.15) is 0 Å². The van der Waals surface area contributed by atoms with Crippen LogP contribution in [0.5, 0.6) is 0 Å². The summed E-state index contributed by atoms with van der Waals surface area (Å²) in [4.78, 5) is 66.0. The quantitative estimate of drug-likeness (QED) is 0.0147. The number of amides is 3. The van der Waals surface area contributed by atoms with Crippen molar-refractivity contribution >= 4 is 37.5 Å². The third-order valence-electron chi connectivity index (χ3n) is 19.9. The van der Waals surface area contributed by atoms with E-state index >= 15 is 0 Å². The van der Waals surface area contributed by atoms with E-state index in [1.54, 1.807) is 0 Å². The molecule has 0 bridgehead atoms. The van der Waals surface area contributed by atoms with Crippen molar-refractivity contribution in [1.29, 1.82) is 0 Å². The molecule has 4 aliphatic rings. The number of rotatable bonds is 59. The maximum Gasteiger partial charge on any atom is 0.474 e. The summed E-state index contributed by atoms with van der Waals surface area (Å²) in [5.41, 5.74) is 0. The minimum atomic E-state index is -4.31. The van der Waals surface area contributed by atoms with Crippen LogP contribution in [0.1, 0.15) is 241 Å². The maximum atomic E-state index is 13.7. The molecule has 4 saturated heterocycles. The van der Waals surface area contributed by atoms with E-state index in [9.17, 15) is 79.6 Å². The molecule has 0 radical (unpaired) electrons. The van der Waals surface area contributed by atoms with Gasteiger partial charge in [-0.25, -0.2) is 4.57 Å². The van der Waals surface area contributed by atoms with Crippen molar-refractivity contribution < 1.29 is 141 Å². The number of unbranched alkanes of at least 4 members (excludes halogenated alkanes) is 21. The predicted molar refractivity (Wildman–Crippen MR) is 402 cm³/mol. The molecule has 3 amide bonds. The molecule has 4 fully saturated rings. The summed E-state index contributed by atoms with van der Waals surface area (Å²) in [6.45, 7) is 7.25. The molecule has 0 aliphatic carbocycles. The summed E-state index contributed by atoms with van der Waals surface area (Å²) in [5.74, 6) is -2.93. The van der Waals surface area contributed by atoms with Crippen molar-refractivity contribution in [1.82, 2.24) is 16.0 Å². The van der Waals surface area contributed by atoms with Crippen LogP contribution in [0.4, 0.5) is 0 Å². The van der Waals surface area contributed by atoms with E-state index < -0.39 is 180 Å². The Morgan fingerprint density at radius 1 is 0.482 bits per heavy atom. The van der Waals surface area contributed by atoms with Crippen molar-refractivity contribution in [2.75, 3.05) is 59.8 Å². The highest BCUT2D eigenvalue weighted by molar-refractivity contribution is 7.48. The lowest BCUT2D eigenvalue weighted by Crippen LogP contribution is -2.70. The molecular formula is C77H138N3O29P. The molecule has 32 nitrogen and oxygen atoms in total. The van der Waals surface area contributed by atoms with E-state index in [0.29, 0.717) is 25.7 Å². The fourth-order valence-electron chi connectivity index (χ4n) is 13.2. The molecule has 23 atom stereocenters. The number of hydrogen-bond donors (Lipinski definition) is 13. The topological polar surface area (TPSA) is 461 Å². The van der Waals surface area contributed by atoms with E-state index in [-0.39, 0.29) is 70.4 Å². The summed E-state index contributed by atoms with van der Waals surface area (Å²) in [5, 5.41) is 116. The van der Waals surface area contributed by atoms with Gasteiger partial charge in [0.2, 0.25) is 17.7 Å². The minimum absolute atomic E-state index is 0.0230. The van der Waals surface area contributed by atoms with Crippen LogP contribution in [0.2, 0.25) is 0 Å². The summed E-state index contributed by atoms with van der Waals surface area (Å²) in [7, 11) is -3.18. The van der Waals surface area contributed by atoms with Crippen LogP contribution in [0, 0.1) is 5.92 Å². The number of carbonyl (C=O) groups is 5. The first-order chi connectivity index (χ1) is 52.9. The highest BCUT2D eigenvalue weighted by Gasteiger charge is 2.56. The number of nitrogens with one attached hydrogen (secondary N) is 3. The van der Waals surface area contributed by atoms with Gasteiger partial charge in [-0.15, -0.1) is 0 Å². The molecule has 0 spiro atoms. The lowest BCUT2D eigenvalue weighted by molar-refractivity contribution is -0.391. The van der Waals surface area contributed by atoms with Crippen molar-refractivity contribution in [2.45, 2.75) is 369 Å². The number of hydrogen-bond acceptors (Lipinski definition) is 29. The molecule has 0 aromatic heterocycles. The lowest BCUT2D eigenvalue weighted by atomic mass is 9.94. The standard InChI is InChI=1S/C77H138N3O29P/c1-8-11-14-17-19-21-22-23-24-25-26-27-29-31-34-42-60(86)104-55(49-99-73(95)54(38-32-16-13-10-3)39-33-30-28-20-18-15-12-9-2)50-101-110(96,97-7)100-46-44-79-59(85)41-36-35-40-58(84)78-43-37-45-98-74-61(80-53(6)83)71(70(57(48-82)106-74)107-75-68(93)65(90)62(87)51(4)102-75)108-77-72(67(92)64(89)56(47-81)105-77)109-76-69(94)66(91)63(88)52(5)103-76/h23-24,33,39,51-52,54-57,61-72,74-77,81-82,87-94H,8-22,25-32,34-38,40-50H2,1-7H3,(H,78,84)(H,79,85)(H,80,83)/b24-23-,39-33-/t51?,52?,54?,55-,56?,57?,61?,62-,63-,64+,65?,66+,67+,68+,69?,70-,71-,72?,74-,75+,76+,77+,110?/m1/s1.